The van der Waals surface area contributed by atoms with Crippen molar-refractivity contribution in [2.75, 3.05) is 0 Å². The maximum atomic E-state index is 4.88. The first-order valence-electron chi connectivity index (χ1n) is 6.22. The van der Waals surface area contributed by atoms with Gasteiger partial charge in [0.15, 0.2) is 0 Å². The van der Waals surface area contributed by atoms with E-state index in [4.69, 9.17) is 4.98 Å². The van der Waals surface area contributed by atoms with Crippen molar-refractivity contribution in [2.24, 2.45) is 0 Å². The van der Waals surface area contributed by atoms with E-state index in [9.17, 15) is 0 Å². The second kappa shape index (κ2) is 3.30. The number of pyridine rings is 1. The summed E-state index contributed by atoms with van der Waals surface area (Å²) >= 11 is 0. The highest BCUT2D eigenvalue weighted by Gasteiger charge is 2.13. The summed E-state index contributed by atoms with van der Waals surface area (Å²) in [6.45, 7) is 0. The maximum absolute atomic E-state index is 4.88. The lowest BCUT2D eigenvalue weighted by Crippen LogP contribution is -1.90. The molecule has 1 heterocycles. The van der Waals surface area contributed by atoms with Crippen molar-refractivity contribution in [3.8, 4) is 0 Å². The van der Waals surface area contributed by atoms with Crippen molar-refractivity contribution in [2.45, 2.75) is 19.3 Å². The molecular formula is C16H13N. The van der Waals surface area contributed by atoms with Crippen LogP contribution in [0.25, 0.3) is 21.7 Å². The average molecular weight is 219 g/mol. The van der Waals surface area contributed by atoms with Crippen molar-refractivity contribution < 1.29 is 0 Å². The van der Waals surface area contributed by atoms with E-state index < -0.39 is 0 Å². The van der Waals surface area contributed by atoms with E-state index in [1.165, 1.54) is 45.8 Å². The lowest BCUT2D eigenvalue weighted by molar-refractivity contribution is 0.901. The van der Waals surface area contributed by atoms with Crippen LogP contribution in [0.3, 0.4) is 0 Å². The molecule has 0 amide bonds. The van der Waals surface area contributed by atoms with Gasteiger partial charge in [0.05, 0.1) is 5.52 Å². The highest BCUT2D eigenvalue weighted by molar-refractivity contribution is 6.05. The van der Waals surface area contributed by atoms with Crippen molar-refractivity contribution in [1.82, 2.24) is 4.98 Å². The van der Waals surface area contributed by atoms with Gasteiger partial charge >= 0.3 is 0 Å². The maximum Gasteiger partial charge on any atom is 0.0783 e. The Hall–Kier alpha value is -1.89. The van der Waals surface area contributed by atoms with E-state index in [-0.39, 0.29) is 0 Å². The summed E-state index contributed by atoms with van der Waals surface area (Å²) in [4.78, 5) is 4.88. The van der Waals surface area contributed by atoms with Crippen LogP contribution in [0.4, 0.5) is 0 Å². The highest BCUT2D eigenvalue weighted by atomic mass is 14.7. The van der Waals surface area contributed by atoms with Crippen LogP contribution in [0.15, 0.2) is 42.5 Å². The number of hydrogen-bond acceptors (Lipinski definition) is 1. The number of benzene rings is 2. The molecule has 3 aromatic rings. The molecule has 0 unspecified atom stereocenters. The topological polar surface area (TPSA) is 12.9 Å². The first-order chi connectivity index (χ1) is 8.42. The summed E-state index contributed by atoms with van der Waals surface area (Å²) in [5.41, 5.74) is 3.94. The lowest BCUT2D eigenvalue weighted by atomic mass is 10.0. The summed E-state index contributed by atoms with van der Waals surface area (Å²) in [6, 6.07) is 15.2. The van der Waals surface area contributed by atoms with Gasteiger partial charge in [-0.2, -0.15) is 0 Å². The number of aromatic nitrogens is 1. The summed E-state index contributed by atoms with van der Waals surface area (Å²) in [5, 5.41) is 3.84. The Labute approximate surface area is 100 Å². The fourth-order valence-electron chi connectivity index (χ4n) is 2.87. The van der Waals surface area contributed by atoms with Gasteiger partial charge in [-0.25, -0.2) is 0 Å². The molecule has 17 heavy (non-hydrogen) atoms. The Kier molecular flexibility index (Phi) is 1.78. The van der Waals surface area contributed by atoms with Crippen LogP contribution in [-0.4, -0.2) is 4.98 Å². The molecule has 1 aliphatic carbocycles. The smallest absolute Gasteiger partial charge is 0.0783 e. The van der Waals surface area contributed by atoms with E-state index in [2.05, 4.69) is 42.5 Å². The van der Waals surface area contributed by atoms with Crippen LogP contribution in [-0.2, 0) is 12.8 Å². The minimum atomic E-state index is 1.15. The highest BCUT2D eigenvalue weighted by Crippen LogP contribution is 2.29. The number of hydrogen-bond donors (Lipinski definition) is 0. The lowest BCUT2D eigenvalue weighted by Gasteiger charge is -2.06. The molecule has 0 atom stereocenters. The fraction of sp³-hybridized carbons (Fsp3) is 0.188. The molecule has 0 spiro atoms. The third kappa shape index (κ3) is 1.29. The van der Waals surface area contributed by atoms with Crippen LogP contribution >= 0.6 is 0 Å². The zero-order valence-corrected chi connectivity index (χ0v) is 9.61. The molecule has 0 aliphatic heterocycles. The molecule has 4 rings (SSSR count). The van der Waals surface area contributed by atoms with E-state index >= 15 is 0 Å². The SMILES string of the molecule is c1ccc2c(c1)ccc1cc3c(nc12)CCC3. The molecule has 82 valence electrons. The Morgan fingerprint density at radius 2 is 1.76 bits per heavy atom. The molecule has 0 N–H and O–H groups in total. The molecule has 1 aliphatic rings. The Morgan fingerprint density at radius 1 is 0.882 bits per heavy atom. The van der Waals surface area contributed by atoms with Crippen molar-refractivity contribution in [1.29, 1.82) is 0 Å². The molecule has 0 saturated heterocycles. The standard InChI is InChI=1S/C16H13N/c1-2-6-14-11(4-1)8-9-13-10-12-5-3-7-15(12)17-16(13)14/h1-2,4,6,8-10H,3,5,7H2. The van der Waals surface area contributed by atoms with Crippen molar-refractivity contribution in [3.05, 3.63) is 53.7 Å². The van der Waals surface area contributed by atoms with E-state index in [0.717, 1.165) is 6.42 Å². The van der Waals surface area contributed by atoms with Gasteiger partial charge < -0.3 is 0 Å². The monoisotopic (exact) mass is 219 g/mol. The second-order valence-corrected chi connectivity index (χ2v) is 4.81. The predicted octanol–water partition coefficient (Wildman–Crippen LogP) is 3.88. The zero-order valence-electron chi connectivity index (χ0n) is 9.61. The van der Waals surface area contributed by atoms with Crippen LogP contribution in [0.2, 0.25) is 0 Å². The number of rotatable bonds is 0. The Bertz CT molecular complexity index is 728. The Balaban J connectivity index is 2.19. The van der Waals surface area contributed by atoms with E-state index in [1.54, 1.807) is 0 Å². The normalized spacial score (nSPS) is 14.4. The largest absolute Gasteiger partial charge is 0.252 e. The molecule has 0 radical (unpaired) electrons. The molecule has 1 heteroatoms. The van der Waals surface area contributed by atoms with Gasteiger partial charge in [-0.15, -0.1) is 0 Å². The van der Waals surface area contributed by atoms with Crippen LogP contribution in [0, 0.1) is 0 Å². The van der Waals surface area contributed by atoms with Gasteiger partial charge in [-0.05, 0) is 36.3 Å². The number of fused-ring (bicyclic) bond motifs is 4. The Morgan fingerprint density at radius 3 is 2.76 bits per heavy atom. The minimum Gasteiger partial charge on any atom is -0.252 e. The van der Waals surface area contributed by atoms with Gasteiger partial charge in [-0.1, -0.05) is 36.4 Å². The first kappa shape index (κ1) is 9.17. The van der Waals surface area contributed by atoms with Crippen molar-refractivity contribution >= 4 is 21.7 Å². The molecular weight excluding hydrogens is 206 g/mol. The summed E-state index contributed by atoms with van der Waals surface area (Å²) in [6.07, 6.45) is 3.61. The zero-order chi connectivity index (χ0) is 11.2. The van der Waals surface area contributed by atoms with Gasteiger partial charge in [0.1, 0.15) is 0 Å². The minimum absolute atomic E-state index is 1.15. The third-order valence-electron chi connectivity index (χ3n) is 3.74. The summed E-state index contributed by atoms with van der Waals surface area (Å²) in [5.74, 6) is 0. The molecule has 0 fully saturated rings. The molecule has 1 aromatic heterocycles. The second-order valence-electron chi connectivity index (χ2n) is 4.81. The fourth-order valence-corrected chi connectivity index (χ4v) is 2.87. The van der Waals surface area contributed by atoms with Crippen LogP contribution < -0.4 is 0 Å². The first-order valence-corrected chi connectivity index (χ1v) is 6.22. The predicted molar refractivity (Wildman–Crippen MR) is 71.3 cm³/mol. The van der Waals surface area contributed by atoms with Gasteiger partial charge in [0, 0.05) is 16.5 Å². The number of aryl methyl sites for hydroxylation is 2. The van der Waals surface area contributed by atoms with Gasteiger partial charge in [-0.3, -0.25) is 4.98 Å². The number of nitrogens with zero attached hydrogens (tertiary/aromatic N) is 1. The van der Waals surface area contributed by atoms with Crippen LogP contribution in [0.5, 0.6) is 0 Å². The van der Waals surface area contributed by atoms with E-state index in [0.29, 0.717) is 0 Å². The quantitative estimate of drug-likeness (QED) is 0.523. The van der Waals surface area contributed by atoms with Gasteiger partial charge in [0.25, 0.3) is 0 Å². The van der Waals surface area contributed by atoms with Gasteiger partial charge in [0.2, 0.25) is 0 Å². The molecule has 1 nitrogen and oxygen atoms in total. The third-order valence-corrected chi connectivity index (χ3v) is 3.74. The van der Waals surface area contributed by atoms with E-state index in [1.807, 2.05) is 0 Å². The molecule has 2 aromatic carbocycles. The van der Waals surface area contributed by atoms with Crippen molar-refractivity contribution in [3.63, 3.8) is 0 Å². The average Bonchev–Trinajstić information content (AvgIpc) is 2.83. The summed E-state index contributed by atoms with van der Waals surface area (Å²) < 4.78 is 0. The molecule has 0 bridgehead atoms. The summed E-state index contributed by atoms with van der Waals surface area (Å²) in [7, 11) is 0. The molecule has 0 saturated carbocycles. The van der Waals surface area contributed by atoms with Crippen LogP contribution in [0.1, 0.15) is 17.7 Å².